The van der Waals surface area contributed by atoms with Crippen molar-refractivity contribution >= 4 is 163 Å². The summed E-state index contributed by atoms with van der Waals surface area (Å²) in [5.74, 6) is 0. The summed E-state index contributed by atoms with van der Waals surface area (Å²) in [5, 5.41) is 14.4. The van der Waals surface area contributed by atoms with Gasteiger partial charge in [-0.15, -0.1) is 0 Å². The Labute approximate surface area is 549 Å². The van der Waals surface area contributed by atoms with Crippen molar-refractivity contribution in [2.45, 2.75) is 6.42 Å². The molecule has 0 radical (unpaired) electrons. The predicted octanol–water partition coefficient (Wildman–Crippen LogP) is 24.3. The molecule has 0 amide bonds. The lowest BCUT2D eigenvalue weighted by Gasteiger charge is -2.11. The molecule has 0 saturated carbocycles. The number of halogens is 2. The van der Waals surface area contributed by atoms with E-state index in [1.54, 1.807) is 0 Å². The molecule has 0 bridgehead atoms. The third-order valence-corrected chi connectivity index (χ3v) is 20.0. The molecular formula is C85H52Br2N4O2. The lowest BCUT2D eigenvalue weighted by molar-refractivity contribution is 0.668. The van der Waals surface area contributed by atoms with Gasteiger partial charge < -0.3 is 27.1 Å². The van der Waals surface area contributed by atoms with E-state index in [2.05, 4.69) is 329 Å². The van der Waals surface area contributed by atoms with Crippen molar-refractivity contribution in [2.75, 3.05) is 0 Å². The van der Waals surface area contributed by atoms with Crippen molar-refractivity contribution in [1.29, 1.82) is 0 Å². The maximum Gasteiger partial charge on any atom is 0.135 e. The summed E-state index contributed by atoms with van der Waals surface area (Å²) < 4.78 is 24.0. The van der Waals surface area contributed by atoms with Crippen LogP contribution in [-0.4, -0.2) is 18.3 Å². The number of aromatic nitrogens is 4. The molecule has 6 nitrogen and oxygen atoms in total. The molecule has 1 aliphatic carbocycles. The van der Waals surface area contributed by atoms with E-state index in [9.17, 15) is 0 Å². The summed E-state index contributed by atoms with van der Waals surface area (Å²) in [5.41, 5.74) is 23.4. The average Bonchev–Trinajstić information content (AvgIpc) is 1.58. The molecule has 20 aromatic rings. The van der Waals surface area contributed by atoms with E-state index >= 15 is 0 Å². The quantitative estimate of drug-likeness (QED) is 0.176. The highest BCUT2D eigenvalue weighted by Crippen LogP contribution is 2.43. The van der Waals surface area contributed by atoms with E-state index in [0.29, 0.717) is 0 Å². The number of hydrogen-bond acceptors (Lipinski definition) is 2. The lowest BCUT2D eigenvalue weighted by atomic mass is 10.1. The summed E-state index contributed by atoms with van der Waals surface area (Å²) in [6, 6.07) is 109. The summed E-state index contributed by atoms with van der Waals surface area (Å²) >= 11 is 7.25. The van der Waals surface area contributed by atoms with Gasteiger partial charge in [-0.1, -0.05) is 190 Å². The van der Waals surface area contributed by atoms with Crippen LogP contribution < -0.4 is 0 Å². The Morgan fingerprint density at radius 2 is 0.484 bits per heavy atom. The van der Waals surface area contributed by atoms with Gasteiger partial charge >= 0.3 is 0 Å². The molecule has 0 fully saturated rings. The topological polar surface area (TPSA) is 46.0 Å². The van der Waals surface area contributed by atoms with Crippen molar-refractivity contribution < 1.29 is 8.83 Å². The summed E-state index contributed by atoms with van der Waals surface area (Å²) in [6.07, 6.45) is 1.10. The monoisotopic (exact) mass is 1320 g/mol. The minimum Gasteiger partial charge on any atom is -0.456 e. The number of rotatable bonds is 4. The van der Waals surface area contributed by atoms with E-state index in [4.69, 9.17) is 8.83 Å². The maximum absolute atomic E-state index is 6.24. The largest absolute Gasteiger partial charge is 0.456 e. The van der Waals surface area contributed by atoms with Crippen molar-refractivity contribution in [3.63, 3.8) is 0 Å². The number of furan rings is 2. The average molecular weight is 1320 g/mol. The molecule has 0 atom stereocenters. The van der Waals surface area contributed by atoms with Gasteiger partial charge in [-0.25, -0.2) is 0 Å². The van der Waals surface area contributed by atoms with Crippen LogP contribution in [-0.2, 0) is 6.42 Å². The second-order valence-electron chi connectivity index (χ2n) is 24.2. The highest BCUT2D eigenvalue weighted by atomic mass is 79.9. The van der Waals surface area contributed by atoms with E-state index in [1.807, 2.05) is 24.3 Å². The molecule has 0 spiro atoms. The van der Waals surface area contributed by atoms with Gasteiger partial charge in [-0.2, -0.15) is 0 Å². The second-order valence-corrected chi connectivity index (χ2v) is 26.0. The zero-order valence-corrected chi connectivity index (χ0v) is 53.1. The van der Waals surface area contributed by atoms with E-state index < -0.39 is 0 Å². The zero-order valence-electron chi connectivity index (χ0n) is 49.9. The van der Waals surface area contributed by atoms with Gasteiger partial charge in [0, 0.05) is 96.3 Å². The Bertz CT molecular complexity index is 6090. The number of fused-ring (bicyclic) bond motifs is 21. The lowest BCUT2D eigenvalue weighted by Crippen LogP contribution is -1.96. The summed E-state index contributed by atoms with van der Waals surface area (Å²) in [7, 11) is 0. The van der Waals surface area contributed by atoms with Gasteiger partial charge in [0.05, 0.1) is 44.1 Å². The molecule has 8 heteroatoms. The molecule has 14 aromatic carbocycles. The zero-order chi connectivity index (χ0) is 61.4. The summed E-state index contributed by atoms with van der Waals surface area (Å²) in [4.78, 5) is 0. The molecule has 6 heterocycles. The smallest absolute Gasteiger partial charge is 0.135 e. The Morgan fingerprint density at radius 1 is 0.215 bits per heavy atom. The van der Waals surface area contributed by atoms with E-state index in [0.717, 1.165) is 93.0 Å². The first-order chi connectivity index (χ1) is 45.9. The highest BCUT2D eigenvalue weighted by molar-refractivity contribution is 9.10. The minimum absolute atomic E-state index is 0.896. The number of para-hydroxylation sites is 6. The van der Waals surface area contributed by atoms with Crippen molar-refractivity contribution in [3.8, 4) is 33.9 Å². The standard InChI is InChI=1S/C48H29N3O.C24H13Br2NO.C13H10/c1-6-16-41-33(11-1)34-12-2-7-17-42(34)49(41)30-21-24-45-38(27-30)39-28-31(50-43-18-8-3-13-35(43)36-14-4-9-19-44(36)50)22-25-46(39)51(45)32-23-26-48-40(29-32)37-15-5-10-20-47(37)52-48;25-14-5-8-21-18(11-14)19-12-15(26)6-9-22(19)27(21)16-7-10-24-20(13-16)17-3-1-2-4-23(17)28-24;1-3-7-12-10(5-1)9-11-6-2-4-8-13(11)12/h1-29H;1-13H;1-8H,9H2. The number of hydrogen-bond donors (Lipinski definition) is 0. The maximum atomic E-state index is 6.24. The van der Waals surface area contributed by atoms with Crippen LogP contribution in [0.4, 0.5) is 0 Å². The second kappa shape index (κ2) is 21.2. The van der Waals surface area contributed by atoms with Crippen LogP contribution in [0.5, 0.6) is 0 Å². The van der Waals surface area contributed by atoms with Crippen LogP contribution in [0.15, 0.2) is 321 Å². The van der Waals surface area contributed by atoms with E-state index in [1.165, 1.54) is 98.4 Å². The number of benzene rings is 14. The van der Waals surface area contributed by atoms with Crippen molar-refractivity contribution in [1.82, 2.24) is 18.3 Å². The van der Waals surface area contributed by atoms with Gasteiger partial charge in [0.25, 0.3) is 0 Å². The van der Waals surface area contributed by atoms with Crippen LogP contribution in [0.2, 0.25) is 0 Å². The van der Waals surface area contributed by atoms with E-state index in [-0.39, 0.29) is 0 Å². The van der Waals surface area contributed by atoms with Crippen LogP contribution in [0, 0.1) is 0 Å². The molecule has 0 saturated heterocycles. The van der Waals surface area contributed by atoms with Gasteiger partial charge in [0.2, 0.25) is 0 Å². The fourth-order valence-electron chi connectivity index (χ4n) is 15.0. The molecular weight excluding hydrogens is 1270 g/mol. The fourth-order valence-corrected chi connectivity index (χ4v) is 15.7. The normalized spacial score (nSPS) is 12.2. The SMILES string of the molecule is Brc1ccc2c(c1)c1cc(Br)ccc1n2-c1ccc2oc3ccccc3c2c1.c1ccc2c(c1)Cc1ccccc1-2.c1ccc2c(c1)oc1ccc(-n3c4ccc(-n5c6ccccc6c6ccccc65)cc4c4cc(-n5c6ccccc6c6ccccc65)ccc43)cc12. The van der Waals surface area contributed by atoms with Crippen molar-refractivity contribution in [2.24, 2.45) is 0 Å². The Hall–Kier alpha value is -11.2. The van der Waals surface area contributed by atoms with Crippen molar-refractivity contribution in [3.05, 3.63) is 323 Å². The fraction of sp³-hybridized carbons (Fsp3) is 0.0118. The van der Waals surface area contributed by atoms with Crippen LogP contribution in [0.25, 0.3) is 165 Å². The minimum atomic E-state index is 0.896. The molecule has 0 aliphatic heterocycles. The molecule has 1 aliphatic rings. The Balaban J connectivity index is 0.000000124. The highest BCUT2D eigenvalue weighted by Gasteiger charge is 2.22. The third kappa shape index (κ3) is 8.52. The van der Waals surface area contributed by atoms with Gasteiger partial charge in [0.15, 0.2) is 0 Å². The molecule has 93 heavy (non-hydrogen) atoms. The van der Waals surface area contributed by atoms with Gasteiger partial charge in [0.1, 0.15) is 22.3 Å². The third-order valence-electron chi connectivity index (χ3n) is 19.0. The van der Waals surface area contributed by atoms with Crippen LogP contribution in [0.3, 0.4) is 0 Å². The summed E-state index contributed by atoms with van der Waals surface area (Å²) in [6.45, 7) is 0. The van der Waals surface area contributed by atoms with Gasteiger partial charge in [-0.3, -0.25) is 0 Å². The molecule has 438 valence electrons. The Kier molecular flexibility index (Phi) is 12.2. The Morgan fingerprint density at radius 3 is 0.871 bits per heavy atom. The first-order valence-corrected chi connectivity index (χ1v) is 33.0. The first kappa shape index (κ1) is 53.7. The van der Waals surface area contributed by atoms with Crippen LogP contribution >= 0.6 is 31.9 Å². The molecule has 0 unspecified atom stereocenters. The van der Waals surface area contributed by atoms with Crippen LogP contribution in [0.1, 0.15) is 11.1 Å². The number of nitrogens with zero attached hydrogens (tertiary/aromatic N) is 4. The molecule has 6 aromatic heterocycles. The predicted molar refractivity (Wildman–Crippen MR) is 395 cm³/mol. The molecule has 0 N–H and O–H groups in total. The molecule has 21 rings (SSSR count). The first-order valence-electron chi connectivity index (χ1n) is 31.4. The van der Waals surface area contributed by atoms with Gasteiger partial charge in [-0.05, 0) is 174 Å².